The Kier molecular flexibility index (Phi) is 6.19. The number of rotatable bonds is 7. The zero-order valence-corrected chi connectivity index (χ0v) is 14.4. The van der Waals surface area contributed by atoms with E-state index < -0.39 is 0 Å². The van der Waals surface area contributed by atoms with Gasteiger partial charge < -0.3 is 10.1 Å². The summed E-state index contributed by atoms with van der Waals surface area (Å²) >= 11 is 6.02. The number of anilines is 1. The summed E-state index contributed by atoms with van der Waals surface area (Å²) in [5, 5.41) is 7.90. The molecule has 0 bridgehead atoms. The summed E-state index contributed by atoms with van der Waals surface area (Å²) in [7, 11) is 0. The summed E-state index contributed by atoms with van der Waals surface area (Å²) in [6.07, 6.45) is 0.312. The number of aryl methyl sites for hydroxylation is 1. The smallest absolute Gasteiger partial charge is 0.227 e. The largest absolute Gasteiger partial charge is 0.381 e. The van der Waals surface area contributed by atoms with Crippen molar-refractivity contribution in [2.75, 3.05) is 18.5 Å². The van der Waals surface area contributed by atoms with E-state index in [0.29, 0.717) is 36.4 Å². The standard InChI is InChI=1S/C17H22ClN3O2/c1-12(2)11-23-8-7-17(22)19-16-9-13(3)20-21(16)15-6-4-5-14(18)10-15/h4-6,9-10,12H,7-8,11H2,1-3H3,(H,19,22). The lowest BCUT2D eigenvalue weighted by Crippen LogP contribution is -2.17. The van der Waals surface area contributed by atoms with E-state index >= 15 is 0 Å². The number of hydrogen-bond acceptors (Lipinski definition) is 3. The van der Waals surface area contributed by atoms with Gasteiger partial charge in [0.25, 0.3) is 0 Å². The summed E-state index contributed by atoms with van der Waals surface area (Å²) in [5.41, 5.74) is 1.62. The SMILES string of the molecule is Cc1cc(NC(=O)CCOCC(C)C)n(-c2cccc(Cl)c2)n1. The molecule has 0 radical (unpaired) electrons. The highest BCUT2D eigenvalue weighted by molar-refractivity contribution is 6.30. The number of carbonyl (C=O) groups is 1. The van der Waals surface area contributed by atoms with E-state index in [1.165, 1.54) is 0 Å². The monoisotopic (exact) mass is 335 g/mol. The Balaban J connectivity index is 2.02. The van der Waals surface area contributed by atoms with Crippen LogP contribution in [-0.2, 0) is 9.53 Å². The fourth-order valence-electron chi connectivity index (χ4n) is 2.08. The fourth-order valence-corrected chi connectivity index (χ4v) is 2.27. The zero-order chi connectivity index (χ0) is 16.8. The van der Waals surface area contributed by atoms with Gasteiger partial charge in [-0.1, -0.05) is 31.5 Å². The molecule has 0 spiro atoms. The minimum absolute atomic E-state index is 0.100. The maximum atomic E-state index is 12.1. The Morgan fingerprint density at radius 1 is 1.39 bits per heavy atom. The van der Waals surface area contributed by atoms with Crippen LogP contribution in [0.25, 0.3) is 5.69 Å². The second kappa shape index (κ2) is 8.13. The third-order valence-electron chi connectivity index (χ3n) is 3.08. The predicted octanol–water partition coefficient (Wildman–Crippen LogP) is 3.84. The van der Waals surface area contributed by atoms with Gasteiger partial charge in [-0.25, -0.2) is 4.68 Å². The lowest BCUT2D eigenvalue weighted by molar-refractivity contribution is -0.117. The predicted molar refractivity (Wildman–Crippen MR) is 92.2 cm³/mol. The second-order valence-electron chi connectivity index (χ2n) is 5.83. The molecule has 0 aliphatic heterocycles. The number of benzene rings is 1. The summed E-state index contributed by atoms with van der Waals surface area (Å²) in [4.78, 5) is 12.1. The fraction of sp³-hybridized carbons (Fsp3) is 0.412. The molecule has 1 aromatic carbocycles. The van der Waals surface area contributed by atoms with Crippen LogP contribution >= 0.6 is 11.6 Å². The van der Waals surface area contributed by atoms with Gasteiger partial charge in [0.05, 0.1) is 24.4 Å². The molecule has 6 heteroatoms. The van der Waals surface area contributed by atoms with Gasteiger partial charge in [-0.2, -0.15) is 5.10 Å². The van der Waals surface area contributed by atoms with Gasteiger partial charge >= 0.3 is 0 Å². The van der Waals surface area contributed by atoms with Gasteiger partial charge in [0, 0.05) is 17.7 Å². The molecule has 0 aliphatic carbocycles. The van der Waals surface area contributed by atoms with Gasteiger partial charge in [-0.3, -0.25) is 4.79 Å². The number of hydrogen-bond donors (Lipinski definition) is 1. The Labute approximate surface area is 141 Å². The van der Waals surface area contributed by atoms with E-state index in [2.05, 4.69) is 24.3 Å². The summed E-state index contributed by atoms with van der Waals surface area (Å²) < 4.78 is 7.11. The van der Waals surface area contributed by atoms with E-state index in [-0.39, 0.29) is 5.91 Å². The van der Waals surface area contributed by atoms with E-state index in [9.17, 15) is 4.79 Å². The van der Waals surface area contributed by atoms with Crippen LogP contribution in [0.5, 0.6) is 0 Å². The van der Waals surface area contributed by atoms with Crippen LogP contribution in [0.1, 0.15) is 26.0 Å². The van der Waals surface area contributed by atoms with Gasteiger partial charge in [0.2, 0.25) is 5.91 Å². The molecule has 124 valence electrons. The van der Waals surface area contributed by atoms with Crippen molar-refractivity contribution in [3.8, 4) is 5.69 Å². The number of nitrogens with zero attached hydrogens (tertiary/aromatic N) is 2. The number of amides is 1. The van der Waals surface area contributed by atoms with Crippen LogP contribution in [0, 0.1) is 12.8 Å². The van der Waals surface area contributed by atoms with Gasteiger partial charge in [0.1, 0.15) is 5.82 Å². The van der Waals surface area contributed by atoms with Crippen molar-refractivity contribution in [1.82, 2.24) is 9.78 Å². The van der Waals surface area contributed by atoms with Crippen molar-refractivity contribution in [2.45, 2.75) is 27.2 Å². The van der Waals surface area contributed by atoms with Gasteiger partial charge in [-0.05, 0) is 31.0 Å². The van der Waals surface area contributed by atoms with E-state index in [1.807, 2.05) is 25.1 Å². The molecule has 1 aromatic heterocycles. The average Bonchev–Trinajstić information content (AvgIpc) is 2.84. The first-order chi connectivity index (χ1) is 11.0. The molecule has 1 amide bonds. The van der Waals surface area contributed by atoms with E-state index in [1.54, 1.807) is 16.8 Å². The van der Waals surface area contributed by atoms with E-state index in [4.69, 9.17) is 16.3 Å². The molecule has 1 N–H and O–H groups in total. The number of halogens is 1. The first-order valence-electron chi connectivity index (χ1n) is 7.66. The van der Waals surface area contributed by atoms with Crippen LogP contribution < -0.4 is 5.32 Å². The molecular weight excluding hydrogens is 314 g/mol. The minimum Gasteiger partial charge on any atom is -0.381 e. The van der Waals surface area contributed by atoms with Crippen molar-refractivity contribution >= 4 is 23.3 Å². The molecule has 1 heterocycles. The summed E-state index contributed by atoms with van der Waals surface area (Å²) in [5.74, 6) is 0.987. The van der Waals surface area contributed by atoms with Crippen molar-refractivity contribution in [3.63, 3.8) is 0 Å². The third kappa shape index (κ3) is 5.37. The number of aromatic nitrogens is 2. The lowest BCUT2D eigenvalue weighted by Gasteiger charge is -2.10. The molecule has 0 fully saturated rings. The first-order valence-corrected chi connectivity index (χ1v) is 8.03. The average molecular weight is 336 g/mol. The van der Waals surface area contributed by atoms with Crippen molar-refractivity contribution in [1.29, 1.82) is 0 Å². The normalized spacial score (nSPS) is 11.0. The lowest BCUT2D eigenvalue weighted by atomic mass is 10.2. The summed E-state index contributed by atoms with van der Waals surface area (Å²) in [6, 6.07) is 9.16. The van der Waals surface area contributed by atoms with Crippen LogP contribution in [-0.4, -0.2) is 28.9 Å². The molecule has 23 heavy (non-hydrogen) atoms. The van der Waals surface area contributed by atoms with Crippen molar-refractivity contribution < 1.29 is 9.53 Å². The second-order valence-corrected chi connectivity index (χ2v) is 6.27. The highest BCUT2D eigenvalue weighted by Gasteiger charge is 2.11. The summed E-state index contributed by atoms with van der Waals surface area (Å²) in [6.45, 7) is 7.10. The van der Waals surface area contributed by atoms with Gasteiger partial charge in [0.15, 0.2) is 0 Å². The Bertz CT molecular complexity index is 668. The highest BCUT2D eigenvalue weighted by atomic mass is 35.5. The third-order valence-corrected chi connectivity index (χ3v) is 3.31. The van der Waals surface area contributed by atoms with Crippen LogP contribution in [0.3, 0.4) is 0 Å². The molecule has 2 aromatic rings. The maximum absolute atomic E-state index is 12.1. The van der Waals surface area contributed by atoms with Gasteiger partial charge in [-0.15, -0.1) is 0 Å². The Hall–Kier alpha value is -1.85. The minimum atomic E-state index is -0.100. The van der Waals surface area contributed by atoms with Crippen LogP contribution in [0.2, 0.25) is 5.02 Å². The Morgan fingerprint density at radius 3 is 2.87 bits per heavy atom. The maximum Gasteiger partial charge on any atom is 0.227 e. The number of carbonyl (C=O) groups excluding carboxylic acids is 1. The van der Waals surface area contributed by atoms with Crippen LogP contribution in [0.4, 0.5) is 5.82 Å². The number of ether oxygens (including phenoxy) is 1. The first kappa shape index (κ1) is 17.5. The highest BCUT2D eigenvalue weighted by Crippen LogP contribution is 2.20. The molecule has 5 nitrogen and oxygen atoms in total. The zero-order valence-electron chi connectivity index (χ0n) is 13.7. The Morgan fingerprint density at radius 2 is 2.17 bits per heavy atom. The molecule has 0 saturated heterocycles. The molecule has 0 saturated carbocycles. The molecule has 0 atom stereocenters. The van der Waals surface area contributed by atoms with E-state index in [0.717, 1.165) is 11.4 Å². The quantitative estimate of drug-likeness (QED) is 0.782. The topological polar surface area (TPSA) is 56.1 Å². The number of nitrogens with one attached hydrogen (secondary N) is 1. The molecular formula is C17H22ClN3O2. The van der Waals surface area contributed by atoms with Crippen molar-refractivity contribution in [2.24, 2.45) is 5.92 Å². The molecule has 0 unspecified atom stereocenters. The van der Waals surface area contributed by atoms with Crippen molar-refractivity contribution in [3.05, 3.63) is 41.0 Å². The van der Waals surface area contributed by atoms with Crippen LogP contribution in [0.15, 0.2) is 30.3 Å². The molecule has 0 aliphatic rings. The molecule has 2 rings (SSSR count).